The highest BCUT2D eigenvalue weighted by atomic mass is 35.5. The lowest BCUT2D eigenvalue weighted by Crippen LogP contribution is -2.44. The zero-order valence-corrected chi connectivity index (χ0v) is 13.3. The van der Waals surface area contributed by atoms with Gasteiger partial charge in [0.1, 0.15) is 0 Å². The van der Waals surface area contributed by atoms with E-state index < -0.39 is 5.91 Å². The SMILES string of the molecule is CCCN(CC1CCCCN1)c1ccc(Cl)cc1C(N)=O. The number of halogens is 1. The van der Waals surface area contributed by atoms with E-state index >= 15 is 0 Å². The van der Waals surface area contributed by atoms with Crippen molar-refractivity contribution in [2.75, 3.05) is 24.5 Å². The van der Waals surface area contributed by atoms with Gasteiger partial charge in [-0.3, -0.25) is 4.79 Å². The largest absolute Gasteiger partial charge is 0.369 e. The molecule has 3 N–H and O–H groups in total. The topological polar surface area (TPSA) is 58.4 Å². The molecule has 2 rings (SSSR count). The van der Waals surface area contributed by atoms with Crippen LogP contribution in [0.25, 0.3) is 0 Å². The first kappa shape index (κ1) is 16.1. The van der Waals surface area contributed by atoms with E-state index in [-0.39, 0.29) is 0 Å². The maximum Gasteiger partial charge on any atom is 0.250 e. The number of primary amides is 1. The number of nitrogens with one attached hydrogen (secondary N) is 1. The summed E-state index contributed by atoms with van der Waals surface area (Å²) in [7, 11) is 0. The van der Waals surface area contributed by atoms with Crippen LogP contribution in [0.15, 0.2) is 18.2 Å². The number of benzene rings is 1. The third kappa shape index (κ3) is 4.35. The van der Waals surface area contributed by atoms with Gasteiger partial charge in [-0.15, -0.1) is 0 Å². The molecule has 21 heavy (non-hydrogen) atoms. The molecule has 1 aliphatic heterocycles. The highest BCUT2D eigenvalue weighted by Gasteiger charge is 2.20. The summed E-state index contributed by atoms with van der Waals surface area (Å²) >= 11 is 6.00. The lowest BCUT2D eigenvalue weighted by molar-refractivity contribution is 0.100. The van der Waals surface area contributed by atoms with Crippen LogP contribution >= 0.6 is 11.6 Å². The predicted molar refractivity (Wildman–Crippen MR) is 88.1 cm³/mol. The molecule has 5 heteroatoms. The van der Waals surface area contributed by atoms with Gasteiger partial charge >= 0.3 is 0 Å². The van der Waals surface area contributed by atoms with Crippen molar-refractivity contribution in [1.29, 1.82) is 0 Å². The number of carbonyl (C=O) groups excluding carboxylic acids is 1. The highest BCUT2D eigenvalue weighted by Crippen LogP contribution is 2.25. The molecule has 0 radical (unpaired) electrons. The lowest BCUT2D eigenvalue weighted by atomic mass is 10.0. The molecule has 1 aromatic carbocycles. The molecule has 0 aliphatic carbocycles. The Labute approximate surface area is 131 Å². The third-order valence-electron chi connectivity index (χ3n) is 3.91. The second-order valence-electron chi connectivity index (χ2n) is 5.62. The summed E-state index contributed by atoms with van der Waals surface area (Å²) in [5.41, 5.74) is 6.91. The van der Waals surface area contributed by atoms with E-state index in [9.17, 15) is 4.79 Å². The molecule has 1 saturated heterocycles. The van der Waals surface area contributed by atoms with Crippen molar-refractivity contribution >= 4 is 23.2 Å². The zero-order chi connectivity index (χ0) is 15.2. The van der Waals surface area contributed by atoms with E-state index in [2.05, 4.69) is 17.1 Å². The minimum absolute atomic E-state index is 0.426. The Bertz CT molecular complexity index is 486. The van der Waals surface area contributed by atoms with E-state index in [0.717, 1.165) is 31.7 Å². The maximum atomic E-state index is 11.7. The molecule has 0 saturated carbocycles. The molecular formula is C16H24ClN3O. The van der Waals surface area contributed by atoms with Crippen molar-refractivity contribution in [2.24, 2.45) is 5.73 Å². The van der Waals surface area contributed by atoms with Gasteiger partial charge in [0.05, 0.1) is 5.56 Å². The maximum absolute atomic E-state index is 11.7. The molecule has 1 atom stereocenters. The number of hydrogen-bond donors (Lipinski definition) is 2. The molecule has 4 nitrogen and oxygen atoms in total. The van der Waals surface area contributed by atoms with Crippen LogP contribution in [0.1, 0.15) is 43.0 Å². The molecule has 1 heterocycles. The number of nitrogens with two attached hydrogens (primary N) is 1. The summed E-state index contributed by atoms with van der Waals surface area (Å²) in [5.74, 6) is -0.426. The summed E-state index contributed by atoms with van der Waals surface area (Å²) in [6.07, 6.45) is 4.71. The van der Waals surface area contributed by atoms with Crippen LogP contribution in [-0.2, 0) is 0 Å². The first-order valence-electron chi connectivity index (χ1n) is 7.69. The number of carbonyl (C=O) groups is 1. The van der Waals surface area contributed by atoms with Crippen molar-refractivity contribution in [1.82, 2.24) is 5.32 Å². The zero-order valence-electron chi connectivity index (χ0n) is 12.6. The highest BCUT2D eigenvalue weighted by molar-refractivity contribution is 6.31. The fourth-order valence-corrected chi connectivity index (χ4v) is 3.08. The fourth-order valence-electron chi connectivity index (χ4n) is 2.91. The summed E-state index contributed by atoms with van der Waals surface area (Å²) in [6, 6.07) is 5.86. The molecular weight excluding hydrogens is 286 g/mol. The fraction of sp³-hybridized carbons (Fsp3) is 0.562. The minimum Gasteiger partial charge on any atom is -0.369 e. The van der Waals surface area contributed by atoms with E-state index in [4.69, 9.17) is 17.3 Å². The molecule has 116 valence electrons. The van der Waals surface area contributed by atoms with Gasteiger partial charge in [0.2, 0.25) is 0 Å². The van der Waals surface area contributed by atoms with Crippen LogP contribution in [0.3, 0.4) is 0 Å². The smallest absolute Gasteiger partial charge is 0.250 e. The Morgan fingerprint density at radius 2 is 2.29 bits per heavy atom. The molecule has 1 fully saturated rings. The number of piperidine rings is 1. The molecule has 0 aromatic heterocycles. The van der Waals surface area contributed by atoms with Crippen molar-refractivity contribution in [3.63, 3.8) is 0 Å². The first-order valence-corrected chi connectivity index (χ1v) is 8.07. The Morgan fingerprint density at radius 1 is 1.48 bits per heavy atom. The first-order chi connectivity index (χ1) is 10.1. The quantitative estimate of drug-likeness (QED) is 0.849. The van der Waals surface area contributed by atoms with Crippen molar-refractivity contribution in [3.05, 3.63) is 28.8 Å². The second kappa shape index (κ2) is 7.66. The summed E-state index contributed by atoms with van der Waals surface area (Å²) < 4.78 is 0. The Kier molecular flexibility index (Phi) is 5.88. The number of amides is 1. The van der Waals surface area contributed by atoms with E-state index in [1.54, 1.807) is 6.07 Å². The summed E-state index contributed by atoms with van der Waals surface area (Å²) in [4.78, 5) is 13.9. The van der Waals surface area contributed by atoms with Crippen molar-refractivity contribution in [3.8, 4) is 0 Å². The molecule has 1 aliphatic rings. The Morgan fingerprint density at radius 3 is 2.90 bits per heavy atom. The second-order valence-corrected chi connectivity index (χ2v) is 6.06. The van der Waals surface area contributed by atoms with Crippen LogP contribution in [0.5, 0.6) is 0 Å². The summed E-state index contributed by atoms with van der Waals surface area (Å²) in [5, 5.41) is 4.10. The standard InChI is InChI=1S/C16H24ClN3O/c1-2-9-20(11-13-5-3-4-8-19-13)15-7-6-12(17)10-14(15)16(18)21/h6-7,10,13,19H,2-5,8-9,11H2,1H3,(H2,18,21). The van der Waals surface area contributed by atoms with E-state index in [1.807, 2.05) is 12.1 Å². The normalized spacial score (nSPS) is 18.5. The number of nitrogens with zero attached hydrogens (tertiary/aromatic N) is 1. The van der Waals surface area contributed by atoms with Crippen LogP contribution in [0.4, 0.5) is 5.69 Å². The van der Waals surface area contributed by atoms with Gasteiger partial charge in [0.15, 0.2) is 0 Å². The Balaban J connectivity index is 2.22. The predicted octanol–water partition coefficient (Wildman–Crippen LogP) is 2.80. The van der Waals surface area contributed by atoms with Gasteiger partial charge in [0, 0.05) is 29.8 Å². The summed E-state index contributed by atoms with van der Waals surface area (Å²) in [6.45, 7) is 5.02. The number of anilines is 1. The van der Waals surface area contributed by atoms with Gasteiger partial charge < -0.3 is 16.0 Å². The van der Waals surface area contributed by atoms with E-state index in [0.29, 0.717) is 16.6 Å². The molecule has 0 bridgehead atoms. The van der Waals surface area contributed by atoms with E-state index in [1.165, 1.54) is 19.3 Å². The molecule has 1 amide bonds. The average Bonchev–Trinajstić information content (AvgIpc) is 2.48. The van der Waals surface area contributed by atoms with Crippen molar-refractivity contribution in [2.45, 2.75) is 38.6 Å². The van der Waals surface area contributed by atoms with Crippen LogP contribution in [-0.4, -0.2) is 31.6 Å². The lowest BCUT2D eigenvalue weighted by Gasteiger charge is -2.32. The average molecular weight is 310 g/mol. The third-order valence-corrected chi connectivity index (χ3v) is 4.15. The monoisotopic (exact) mass is 309 g/mol. The van der Waals surface area contributed by atoms with Crippen molar-refractivity contribution < 1.29 is 4.79 Å². The molecule has 0 spiro atoms. The molecule has 1 aromatic rings. The van der Waals surface area contributed by atoms with Gasteiger partial charge in [0.25, 0.3) is 5.91 Å². The Hall–Kier alpha value is -1.26. The van der Waals surface area contributed by atoms with Gasteiger partial charge in [-0.2, -0.15) is 0 Å². The number of hydrogen-bond acceptors (Lipinski definition) is 3. The van der Waals surface area contributed by atoms with Crippen LogP contribution < -0.4 is 16.0 Å². The van der Waals surface area contributed by atoms with Gasteiger partial charge in [-0.05, 0) is 44.0 Å². The van der Waals surface area contributed by atoms with Gasteiger partial charge in [-0.1, -0.05) is 24.9 Å². The minimum atomic E-state index is -0.426. The van der Waals surface area contributed by atoms with Crippen LogP contribution in [0, 0.1) is 0 Å². The van der Waals surface area contributed by atoms with Gasteiger partial charge in [-0.25, -0.2) is 0 Å². The van der Waals surface area contributed by atoms with Crippen LogP contribution in [0.2, 0.25) is 5.02 Å². The molecule has 1 unspecified atom stereocenters. The number of rotatable bonds is 6.